The molecule has 0 aliphatic carbocycles. The van der Waals surface area contributed by atoms with E-state index < -0.39 is 17.5 Å². The summed E-state index contributed by atoms with van der Waals surface area (Å²) >= 11 is 5.23. The topological polar surface area (TPSA) is 48.4 Å². The maximum absolute atomic E-state index is 12.0. The fourth-order valence-corrected chi connectivity index (χ4v) is 1.37. The molecule has 0 unspecified atom stereocenters. The van der Waals surface area contributed by atoms with E-state index in [0.29, 0.717) is 0 Å². The van der Waals surface area contributed by atoms with E-state index in [1.165, 1.54) is 6.92 Å². The third kappa shape index (κ3) is 3.23. The zero-order valence-corrected chi connectivity index (χ0v) is 9.52. The highest BCUT2D eigenvalue weighted by Gasteiger charge is 2.34. The quantitative estimate of drug-likeness (QED) is 0.792. The number of carbonyl (C=O) groups is 1. The summed E-state index contributed by atoms with van der Waals surface area (Å²) in [6.07, 6.45) is -3.99. The standard InChI is InChI=1S/C9H7ClF3NO3/c1-4-5(7(10)15)3-14-8(6(4)16-2)17-9(11,12)13/h3H,1-2H3. The smallest absolute Gasteiger partial charge is 0.491 e. The van der Waals surface area contributed by atoms with E-state index in [2.05, 4.69) is 9.72 Å². The van der Waals surface area contributed by atoms with Crippen molar-refractivity contribution in [1.82, 2.24) is 4.98 Å². The second kappa shape index (κ2) is 4.79. The molecule has 0 atom stereocenters. The molecule has 1 aromatic heterocycles. The van der Waals surface area contributed by atoms with Crippen LogP contribution in [0.15, 0.2) is 6.20 Å². The number of halogens is 4. The number of aromatic nitrogens is 1. The first kappa shape index (κ1) is 13.6. The maximum Gasteiger partial charge on any atom is 0.574 e. The lowest BCUT2D eigenvalue weighted by atomic mass is 10.1. The molecule has 4 nitrogen and oxygen atoms in total. The van der Waals surface area contributed by atoms with Gasteiger partial charge in [0, 0.05) is 11.8 Å². The second-order valence-corrected chi connectivity index (χ2v) is 3.30. The Balaban J connectivity index is 3.26. The minimum absolute atomic E-state index is 0.0435. The van der Waals surface area contributed by atoms with Crippen LogP contribution in [0.2, 0.25) is 0 Å². The van der Waals surface area contributed by atoms with Crippen LogP contribution in [-0.2, 0) is 0 Å². The summed E-state index contributed by atoms with van der Waals surface area (Å²) in [6, 6.07) is 0. The second-order valence-electron chi connectivity index (χ2n) is 2.96. The summed E-state index contributed by atoms with van der Waals surface area (Å²) in [5.74, 6) is -1.05. The van der Waals surface area contributed by atoms with Gasteiger partial charge in [0.2, 0.25) is 0 Å². The van der Waals surface area contributed by atoms with E-state index in [9.17, 15) is 18.0 Å². The van der Waals surface area contributed by atoms with Crippen molar-refractivity contribution in [3.63, 3.8) is 0 Å². The Hall–Kier alpha value is -1.50. The molecule has 1 aromatic rings. The van der Waals surface area contributed by atoms with Crippen LogP contribution in [0.25, 0.3) is 0 Å². The van der Waals surface area contributed by atoms with Crippen LogP contribution >= 0.6 is 11.6 Å². The minimum atomic E-state index is -4.89. The molecule has 0 aromatic carbocycles. The van der Waals surface area contributed by atoms with Crippen molar-refractivity contribution in [2.45, 2.75) is 13.3 Å². The number of carbonyl (C=O) groups excluding carboxylic acids is 1. The molecule has 1 heterocycles. The van der Waals surface area contributed by atoms with Crippen LogP contribution in [0, 0.1) is 6.92 Å². The first-order valence-electron chi connectivity index (χ1n) is 4.25. The molecule has 0 amide bonds. The molecule has 0 bridgehead atoms. The number of ether oxygens (including phenoxy) is 2. The van der Waals surface area contributed by atoms with E-state index in [1.807, 2.05) is 0 Å². The first-order chi connectivity index (χ1) is 7.76. The highest BCUT2D eigenvalue weighted by atomic mass is 35.5. The van der Waals surface area contributed by atoms with Crippen molar-refractivity contribution in [3.05, 3.63) is 17.3 Å². The largest absolute Gasteiger partial charge is 0.574 e. The molecule has 0 aliphatic heterocycles. The van der Waals surface area contributed by atoms with Crippen LogP contribution in [0.3, 0.4) is 0 Å². The predicted molar refractivity (Wildman–Crippen MR) is 52.4 cm³/mol. The van der Waals surface area contributed by atoms with E-state index in [1.54, 1.807) is 0 Å². The van der Waals surface area contributed by atoms with Crippen LogP contribution < -0.4 is 9.47 Å². The Morgan fingerprint density at radius 3 is 2.47 bits per heavy atom. The SMILES string of the molecule is COc1c(OC(F)(F)F)ncc(C(=O)Cl)c1C. The Bertz CT molecular complexity index is 448. The molecule has 0 saturated heterocycles. The Kier molecular flexibility index (Phi) is 3.82. The van der Waals surface area contributed by atoms with Crippen LogP contribution in [-0.4, -0.2) is 23.7 Å². The molecule has 17 heavy (non-hydrogen) atoms. The van der Waals surface area contributed by atoms with Gasteiger partial charge in [-0.25, -0.2) is 4.98 Å². The van der Waals surface area contributed by atoms with Gasteiger partial charge < -0.3 is 9.47 Å². The summed E-state index contributed by atoms with van der Waals surface area (Å²) in [4.78, 5) is 14.3. The number of rotatable bonds is 3. The predicted octanol–water partition coefficient (Wildman–Crippen LogP) is 2.68. The van der Waals surface area contributed by atoms with Gasteiger partial charge in [-0.2, -0.15) is 0 Å². The van der Waals surface area contributed by atoms with E-state index in [-0.39, 0.29) is 16.9 Å². The highest BCUT2D eigenvalue weighted by molar-refractivity contribution is 6.67. The highest BCUT2D eigenvalue weighted by Crippen LogP contribution is 2.34. The average molecular weight is 270 g/mol. The van der Waals surface area contributed by atoms with Crippen molar-refractivity contribution in [3.8, 4) is 11.6 Å². The zero-order chi connectivity index (χ0) is 13.2. The number of methoxy groups -OCH3 is 1. The number of alkyl halides is 3. The molecule has 0 spiro atoms. The van der Waals surface area contributed by atoms with Crippen molar-refractivity contribution < 1.29 is 27.4 Å². The zero-order valence-electron chi connectivity index (χ0n) is 8.76. The summed E-state index contributed by atoms with van der Waals surface area (Å²) < 4.78 is 44.5. The molecule has 0 N–H and O–H groups in total. The molecule has 0 aliphatic rings. The molecule has 0 radical (unpaired) electrons. The third-order valence-corrected chi connectivity index (χ3v) is 2.08. The van der Waals surface area contributed by atoms with Crippen molar-refractivity contribution >= 4 is 16.8 Å². The van der Waals surface area contributed by atoms with Crippen LogP contribution in [0.4, 0.5) is 13.2 Å². The van der Waals surface area contributed by atoms with Gasteiger partial charge >= 0.3 is 6.36 Å². The Morgan fingerprint density at radius 1 is 1.47 bits per heavy atom. The lowest BCUT2D eigenvalue weighted by Crippen LogP contribution is -2.19. The van der Waals surface area contributed by atoms with E-state index in [4.69, 9.17) is 16.3 Å². The van der Waals surface area contributed by atoms with Gasteiger partial charge in [-0.3, -0.25) is 4.79 Å². The third-order valence-electron chi connectivity index (χ3n) is 1.88. The summed E-state index contributed by atoms with van der Waals surface area (Å²) in [7, 11) is 1.13. The van der Waals surface area contributed by atoms with Crippen LogP contribution in [0.5, 0.6) is 11.6 Å². The normalized spacial score (nSPS) is 11.2. The van der Waals surface area contributed by atoms with Gasteiger partial charge in [-0.1, -0.05) is 0 Å². The molecule has 8 heteroatoms. The monoisotopic (exact) mass is 269 g/mol. The fourth-order valence-electron chi connectivity index (χ4n) is 1.18. The number of hydrogen-bond donors (Lipinski definition) is 0. The summed E-state index contributed by atoms with van der Waals surface area (Å²) in [6.45, 7) is 1.37. The number of nitrogens with zero attached hydrogens (tertiary/aromatic N) is 1. The fraction of sp³-hybridized carbons (Fsp3) is 0.333. The molecular formula is C9H7ClF3NO3. The van der Waals surface area contributed by atoms with E-state index in [0.717, 1.165) is 13.3 Å². The van der Waals surface area contributed by atoms with Gasteiger partial charge in [-0.05, 0) is 18.5 Å². The van der Waals surface area contributed by atoms with Gasteiger partial charge in [0.1, 0.15) is 0 Å². The maximum atomic E-state index is 12.0. The van der Waals surface area contributed by atoms with Crippen molar-refractivity contribution in [2.75, 3.05) is 7.11 Å². The van der Waals surface area contributed by atoms with Crippen molar-refractivity contribution in [2.24, 2.45) is 0 Å². The lowest BCUT2D eigenvalue weighted by molar-refractivity contribution is -0.276. The van der Waals surface area contributed by atoms with Gasteiger partial charge in [0.05, 0.1) is 12.7 Å². The summed E-state index contributed by atoms with van der Waals surface area (Å²) in [5.41, 5.74) is 0.0831. The van der Waals surface area contributed by atoms with Crippen molar-refractivity contribution in [1.29, 1.82) is 0 Å². The number of hydrogen-bond acceptors (Lipinski definition) is 4. The van der Waals surface area contributed by atoms with Gasteiger partial charge in [0.25, 0.3) is 11.1 Å². The molecule has 94 valence electrons. The van der Waals surface area contributed by atoms with Gasteiger partial charge in [-0.15, -0.1) is 13.2 Å². The lowest BCUT2D eigenvalue weighted by Gasteiger charge is -2.14. The molecular weight excluding hydrogens is 263 g/mol. The number of pyridine rings is 1. The first-order valence-corrected chi connectivity index (χ1v) is 4.63. The molecule has 1 rings (SSSR count). The Morgan fingerprint density at radius 2 is 2.06 bits per heavy atom. The minimum Gasteiger partial charge on any atom is -0.491 e. The van der Waals surface area contributed by atoms with Crippen LogP contribution in [0.1, 0.15) is 15.9 Å². The Labute approximate surface area is 99.3 Å². The molecule has 0 saturated carbocycles. The van der Waals surface area contributed by atoms with Gasteiger partial charge in [0.15, 0.2) is 5.75 Å². The summed E-state index contributed by atoms with van der Waals surface area (Å²) in [5, 5.41) is -0.841. The average Bonchev–Trinajstić information content (AvgIpc) is 2.15. The molecule has 0 fully saturated rings. The van der Waals surface area contributed by atoms with E-state index >= 15 is 0 Å².